The topological polar surface area (TPSA) is 84.5 Å². The Hall–Kier alpha value is -3.56. The van der Waals surface area contributed by atoms with Gasteiger partial charge in [0.2, 0.25) is 11.6 Å². The van der Waals surface area contributed by atoms with E-state index in [1.165, 1.54) is 12.8 Å². The van der Waals surface area contributed by atoms with Crippen molar-refractivity contribution >= 4 is 28.5 Å². The smallest absolute Gasteiger partial charge is 0.234 e. The highest BCUT2D eigenvalue weighted by Gasteiger charge is 2.27. The molecule has 2 aromatic carbocycles. The van der Waals surface area contributed by atoms with Crippen LogP contribution in [0.3, 0.4) is 0 Å². The van der Waals surface area contributed by atoms with E-state index in [9.17, 15) is 10.1 Å². The summed E-state index contributed by atoms with van der Waals surface area (Å²) in [6.07, 6.45) is 4.55. The number of fused-ring (bicyclic) bond motifs is 1. The molecular formula is C27H24ClN5O. The second-order valence-corrected chi connectivity index (χ2v) is 9.49. The van der Waals surface area contributed by atoms with Crippen LogP contribution in [0.25, 0.3) is 22.4 Å². The van der Waals surface area contributed by atoms with E-state index in [1.54, 1.807) is 18.2 Å². The zero-order valence-corrected chi connectivity index (χ0v) is 19.7. The van der Waals surface area contributed by atoms with Gasteiger partial charge in [0.25, 0.3) is 0 Å². The molecule has 2 aromatic heterocycles. The van der Waals surface area contributed by atoms with Crippen molar-refractivity contribution in [2.75, 3.05) is 0 Å². The van der Waals surface area contributed by atoms with Crippen molar-refractivity contribution in [2.45, 2.75) is 39.2 Å². The Balaban J connectivity index is 1.73. The highest BCUT2D eigenvalue weighted by atomic mass is 35.5. The number of ketones is 1. The fraction of sp³-hybridized carbons (Fsp3) is 0.296. The number of rotatable bonds is 5. The van der Waals surface area contributed by atoms with Gasteiger partial charge in [0, 0.05) is 22.7 Å². The van der Waals surface area contributed by atoms with Crippen LogP contribution < -0.4 is 0 Å². The highest BCUT2D eigenvalue weighted by molar-refractivity contribution is 6.30. The van der Waals surface area contributed by atoms with Crippen LogP contribution in [0.4, 0.5) is 0 Å². The first kappa shape index (κ1) is 22.2. The van der Waals surface area contributed by atoms with Crippen molar-refractivity contribution in [3.63, 3.8) is 0 Å². The van der Waals surface area contributed by atoms with Gasteiger partial charge in [-0.15, -0.1) is 0 Å². The molecule has 0 spiro atoms. The van der Waals surface area contributed by atoms with Crippen molar-refractivity contribution in [3.8, 4) is 17.3 Å². The number of carbonyl (C=O) groups is 1. The third-order valence-electron chi connectivity index (χ3n) is 6.62. The molecule has 0 atom stereocenters. The molecule has 1 saturated carbocycles. The summed E-state index contributed by atoms with van der Waals surface area (Å²) in [6, 6.07) is 18.5. The second kappa shape index (κ2) is 9.36. The van der Waals surface area contributed by atoms with Crippen molar-refractivity contribution < 1.29 is 4.79 Å². The number of aromatic nitrogens is 4. The fourth-order valence-corrected chi connectivity index (χ4v) is 4.95. The largest absolute Gasteiger partial charge is 0.318 e. The molecule has 4 aromatic rings. The summed E-state index contributed by atoms with van der Waals surface area (Å²) in [6.45, 7) is 2.95. The molecule has 34 heavy (non-hydrogen) atoms. The monoisotopic (exact) mass is 469 g/mol. The lowest BCUT2D eigenvalue weighted by Gasteiger charge is -2.27. The highest BCUT2D eigenvalue weighted by Crippen LogP contribution is 2.34. The van der Waals surface area contributed by atoms with Gasteiger partial charge in [-0.25, -0.2) is 9.97 Å². The predicted molar refractivity (Wildman–Crippen MR) is 131 cm³/mol. The summed E-state index contributed by atoms with van der Waals surface area (Å²) in [5.41, 5.74) is 2.90. The summed E-state index contributed by atoms with van der Waals surface area (Å²) in [5, 5.41) is 10.1. The van der Waals surface area contributed by atoms with Gasteiger partial charge in [-0.1, -0.05) is 73.8 Å². The zero-order chi connectivity index (χ0) is 23.7. The Morgan fingerprint density at radius 2 is 1.82 bits per heavy atom. The maximum absolute atomic E-state index is 13.6. The van der Waals surface area contributed by atoms with Crippen LogP contribution in [0.2, 0.25) is 5.02 Å². The van der Waals surface area contributed by atoms with Crippen molar-refractivity contribution in [1.82, 2.24) is 19.5 Å². The van der Waals surface area contributed by atoms with Gasteiger partial charge < -0.3 is 4.57 Å². The van der Waals surface area contributed by atoms with E-state index >= 15 is 0 Å². The average Bonchev–Trinajstić information content (AvgIpc) is 3.23. The molecular weight excluding hydrogens is 446 g/mol. The first-order valence-corrected chi connectivity index (χ1v) is 12.0. The number of halogens is 1. The molecule has 0 saturated heterocycles. The number of nitrogens with zero attached hydrogens (tertiary/aromatic N) is 5. The second-order valence-electron chi connectivity index (χ2n) is 9.06. The van der Waals surface area contributed by atoms with Crippen LogP contribution in [0.1, 0.15) is 54.6 Å². The first-order chi connectivity index (χ1) is 16.5. The molecule has 0 amide bonds. The molecule has 0 radical (unpaired) electrons. The van der Waals surface area contributed by atoms with E-state index in [0.717, 1.165) is 24.3 Å². The minimum absolute atomic E-state index is 0.0114. The number of nitriles is 1. The van der Waals surface area contributed by atoms with Crippen LogP contribution in [-0.2, 0) is 6.54 Å². The van der Waals surface area contributed by atoms with E-state index < -0.39 is 0 Å². The lowest BCUT2D eigenvalue weighted by molar-refractivity contribution is 0.102. The molecule has 0 unspecified atom stereocenters. The van der Waals surface area contributed by atoms with Gasteiger partial charge >= 0.3 is 0 Å². The van der Waals surface area contributed by atoms with Gasteiger partial charge in [0.1, 0.15) is 17.3 Å². The lowest BCUT2D eigenvalue weighted by Crippen LogP contribution is -2.21. The van der Waals surface area contributed by atoms with E-state index in [1.807, 2.05) is 47.0 Å². The van der Waals surface area contributed by atoms with Crippen LogP contribution in [-0.4, -0.2) is 25.3 Å². The van der Waals surface area contributed by atoms with Crippen LogP contribution >= 0.6 is 11.6 Å². The van der Waals surface area contributed by atoms with Gasteiger partial charge in [-0.05, 0) is 36.8 Å². The van der Waals surface area contributed by atoms with Gasteiger partial charge in [0.05, 0.1) is 0 Å². The number of hydrogen-bond acceptors (Lipinski definition) is 5. The Morgan fingerprint density at radius 1 is 1.06 bits per heavy atom. The zero-order valence-electron chi connectivity index (χ0n) is 18.9. The van der Waals surface area contributed by atoms with Gasteiger partial charge in [-0.3, -0.25) is 4.79 Å². The van der Waals surface area contributed by atoms with Crippen LogP contribution in [0.5, 0.6) is 0 Å². The molecule has 6 nitrogen and oxygen atoms in total. The first-order valence-electron chi connectivity index (χ1n) is 11.6. The molecule has 0 N–H and O–H groups in total. The molecule has 0 aliphatic heterocycles. The number of carbonyl (C=O) groups excluding carboxylic acids is 1. The number of imidazole rings is 1. The molecule has 1 fully saturated rings. The quantitative estimate of drug-likeness (QED) is 0.331. The normalized spacial score (nSPS) is 18.0. The maximum atomic E-state index is 13.6. The maximum Gasteiger partial charge on any atom is 0.234 e. The van der Waals surface area contributed by atoms with Gasteiger partial charge in [-0.2, -0.15) is 10.2 Å². The van der Waals surface area contributed by atoms with Crippen LogP contribution in [0, 0.1) is 23.2 Å². The Morgan fingerprint density at radius 3 is 2.53 bits per heavy atom. The molecule has 1 aliphatic carbocycles. The van der Waals surface area contributed by atoms with Crippen molar-refractivity contribution in [3.05, 3.63) is 76.8 Å². The van der Waals surface area contributed by atoms with E-state index in [-0.39, 0.29) is 11.6 Å². The third-order valence-corrected chi connectivity index (χ3v) is 6.85. The summed E-state index contributed by atoms with van der Waals surface area (Å²) in [4.78, 5) is 27.1. The molecule has 5 rings (SSSR count). The predicted octanol–water partition coefficient (Wildman–Crippen LogP) is 6.08. The summed E-state index contributed by atoms with van der Waals surface area (Å²) >= 11 is 6.28. The molecule has 0 bridgehead atoms. The van der Waals surface area contributed by atoms with E-state index in [2.05, 4.69) is 21.9 Å². The molecule has 170 valence electrons. The summed E-state index contributed by atoms with van der Waals surface area (Å²) in [7, 11) is 0. The standard InChI is InChI=1S/C27H24ClN5O/c1-17-10-12-18(13-11-17)16-33-24-23(20-8-5-9-21(28)14-20)30-22(15-29)31-26(24)32-27(33)25(34)19-6-3-2-4-7-19/h2-9,14,17-18H,10-13,16H2,1H3. The van der Waals surface area contributed by atoms with E-state index in [0.29, 0.717) is 45.7 Å². The minimum atomic E-state index is -0.168. The average molecular weight is 470 g/mol. The minimum Gasteiger partial charge on any atom is -0.318 e. The fourth-order valence-electron chi connectivity index (χ4n) is 4.76. The summed E-state index contributed by atoms with van der Waals surface area (Å²) < 4.78 is 1.97. The third kappa shape index (κ3) is 4.32. The van der Waals surface area contributed by atoms with Gasteiger partial charge in [0.15, 0.2) is 11.5 Å². The Bertz CT molecular complexity index is 1400. The van der Waals surface area contributed by atoms with Crippen molar-refractivity contribution in [1.29, 1.82) is 5.26 Å². The van der Waals surface area contributed by atoms with Crippen LogP contribution in [0.15, 0.2) is 54.6 Å². The molecule has 2 heterocycles. The van der Waals surface area contributed by atoms with E-state index in [4.69, 9.17) is 11.6 Å². The summed E-state index contributed by atoms with van der Waals surface area (Å²) in [5.74, 6) is 1.33. The SMILES string of the molecule is CC1CCC(Cn2c(C(=O)c3ccccc3)nc3nc(C#N)nc(-c4cccc(Cl)c4)c32)CC1. The molecule has 1 aliphatic rings. The Kier molecular flexibility index (Phi) is 6.12. The van der Waals surface area contributed by atoms with Crippen molar-refractivity contribution in [2.24, 2.45) is 11.8 Å². The lowest BCUT2D eigenvalue weighted by atomic mass is 9.83. The number of benzene rings is 2. The number of hydrogen-bond donors (Lipinski definition) is 0. The Labute approximate surface area is 203 Å². The molecule has 7 heteroatoms.